The number of aromatic nitrogens is 2. The molecule has 1 saturated heterocycles. The summed E-state index contributed by atoms with van der Waals surface area (Å²) >= 11 is 0. The zero-order valence-corrected chi connectivity index (χ0v) is 12.2. The fraction of sp³-hybridized carbons (Fsp3) is 0.667. The van der Waals surface area contributed by atoms with Crippen molar-refractivity contribution < 1.29 is 23.1 Å². The van der Waals surface area contributed by atoms with Crippen molar-refractivity contribution in [1.82, 2.24) is 14.1 Å². The van der Waals surface area contributed by atoms with Gasteiger partial charge in [-0.3, -0.25) is 0 Å². The molecule has 0 radical (unpaired) electrons. The minimum absolute atomic E-state index is 0.0771. The molecule has 1 aliphatic heterocycles. The van der Waals surface area contributed by atoms with Gasteiger partial charge in [-0.1, -0.05) is 0 Å². The molecule has 2 fully saturated rings. The van der Waals surface area contributed by atoms with Crippen LogP contribution in [0.4, 0.5) is 0 Å². The number of carboxylic acid groups (broad SMARTS) is 1. The lowest BCUT2D eigenvalue weighted by Crippen LogP contribution is -2.48. The van der Waals surface area contributed by atoms with Crippen LogP contribution >= 0.6 is 0 Å². The van der Waals surface area contributed by atoms with Crippen LogP contribution in [0.1, 0.15) is 25.3 Å². The van der Waals surface area contributed by atoms with Crippen molar-refractivity contribution in [3.8, 4) is 0 Å². The van der Waals surface area contributed by atoms with Crippen LogP contribution in [0, 0.1) is 0 Å². The summed E-state index contributed by atoms with van der Waals surface area (Å²) < 4.78 is 33.2. The van der Waals surface area contributed by atoms with Crippen molar-refractivity contribution in [2.24, 2.45) is 0 Å². The number of rotatable bonds is 4. The van der Waals surface area contributed by atoms with E-state index in [0.717, 1.165) is 19.3 Å². The molecule has 9 heteroatoms. The molecule has 3 rings (SSSR count). The first-order valence-corrected chi connectivity index (χ1v) is 8.32. The van der Waals surface area contributed by atoms with E-state index in [1.807, 2.05) is 0 Å². The Balaban J connectivity index is 1.86. The summed E-state index contributed by atoms with van der Waals surface area (Å²) in [6, 6.07) is 1.60. The molecule has 1 aliphatic carbocycles. The second kappa shape index (κ2) is 5.39. The van der Waals surface area contributed by atoms with Gasteiger partial charge >= 0.3 is 5.97 Å². The van der Waals surface area contributed by atoms with Crippen molar-refractivity contribution in [1.29, 1.82) is 0 Å². The number of morpholine rings is 1. The fourth-order valence-electron chi connectivity index (χ4n) is 2.54. The first kappa shape index (κ1) is 14.5. The van der Waals surface area contributed by atoms with Gasteiger partial charge in [-0.05, 0) is 25.3 Å². The van der Waals surface area contributed by atoms with Gasteiger partial charge in [0, 0.05) is 6.54 Å². The summed E-state index contributed by atoms with van der Waals surface area (Å²) in [4.78, 5) is 11.0. The molecule has 0 aromatic carbocycles. The first-order chi connectivity index (χ1) is 10.00. The van der Waals surface area contributed by atoms with E-state index in [-0.39, 0.29) is 30.8 Å². The molecule has 8 nitrogen and oxygen atoms in total. The van der Waals surface area contributed by atoms with Crippen molar-refractivity contribution in [2.45, 2.75) is 36.4 Å². The van der Waals surface area contributed by atoms with E-state index in [1.165, 1.54) is 16.6 Å². The maximum absolute atomic E-state index is 12.7. The number of hydrogen-bond acceptors (Lipinski definition) is 5. The van der Waals surface area contributed by atoms with Crippen LogP contribution in [0.3, 0.4) is 0 Å². The summed E-state index contributed by atoms with van der Waals surface area (Å²) in [5.41, 5.74) is 0. The van der Waals surface area contributed by atoms with Crippen molar-refractivity contribution in [2.75, 3.05) is 19.7 Å². The van der Waals surface area contributed by atoms with Crippen molar-refractivity contribution >= 4 is 16.0 Å². The van der Waals surface area contributed by atoms with E-state index in [4.69, 9.17) is 9.84 Å². The Labute approximate surface area is 122 Å². The summed E-state index contributed by atoms with van der Waals surface area (Å²) in [6.07, 6.45) is 3.27. The highest BCUT2D eigenvalue weighted by atomic mass is 32.2. The third-order valence-electron chi connectivity index (χ3n) is 3.96. The van der Waals surface area contributed by atoms with E-state index < -0.39 is 22.1 Å². The lowest BCUT2D eigenvalue weighted by atomic mass is 9.93. The maximum atomic E-state index is 12.7. The predicted octanol–water partition coefficient (Wildman–Crippen LogP) is 0.0822. The van der Waals surface area contributed by atoms with E-state index in [2.05, 4.69) is 5.10 Å². The Morgan fingerprint density at radius 2 is 2.19 bits per heavy atom. The van der Waals surface area contributed by atoms with Crippen LogP contribution in [0.25, 0.3) is 0 Å². The van der Waals surface area contributed by atoms with Gasteiger partial charge in [0.05, 0.1) is 25.4 Å². The van der Waals surface area contributed by atoms with Gasteiger partial charge in [-0.2, -0.15) is 9.40 Å². The van der Waals surface area contributed by atoms with Gasteiger partial charge in [-0.25, -0.2) is 17.9 Å². The Morgan fingerprint density at radius 3 is 2.81 bits per heavy atom. The SMILES string of the molecule is O=C(O)[C@H]1CN(S(=O)(=O)c2ccnn2C2CCC2)CCO1. The van der Waals surface area contributed by atoms with Gasteiger partial charge in [0.1, 0.15) is 0 Å². The summed E-state index contributed by atoms with van der Waals surface area (Å²) in [5, 5.41) is 13.2. The van der Waals surface area contributed by atoms with Crippen LogP contribution in [0.15, 0.2) is 17.3 Å². The molecule has 116 valence electrons. The average molecular weight is 315 g/mol. The van der Waals surface area contributed by atoms with Gasteiger partial charge in [0.25, 0.3) is 10.0 Å². The predicted molar refractivity (Wildman–Crippen MR) is 71.2 cm³/mol. The lowest BCUT2D eigenvalue weighted by molar-refractivity contribution is -0.153. The number of sulfonamides is 1. The zero-order valence-electron chi connectivity index (χ0n) is 11.4. The second-order valence-electron chi connectivity index (χ2n) is 5.26. The molecule has 21 heavy (non-hydrogen) atoms. The number of carboxylic acids is 1. The third-order valence-corrected chi connectivity index (χ3v) is 5.83. The quantitative estimate of drug-likeness (QED) is 0.844. The smallest absolute Gasteiger partial charge is 0.334 e. The van der Waals surface area contributed by atoms with Crippen LogP contribution < -0.4 is 0 Å². The van der Waals surface area contributed by atoms with E-state index >= 15 is 0 Å². The standard InChI is InChI=1S/C12H17N3O5S/c16-12(17)10-8-14(6-7-20-10)21(18,19)11-4-5-13-15(11)9-2-1-3-9/h4-5,9-10H,1-3,6-8H2,(H,16,17)/t10-/m1/s1. The largest absolute Gasteiger partial charge is 0.479 e. The molecule has 1 N–H and O–H groups in total. The Bertz CT molecular complexity index is 637. The van der Waals surface area contributed by atoms with E-state index in [9.17, 15) is 13.2 Å². The van der Waals surface area contributed by atoms with E-state index in [0.29, 0.717) is 0 Å². The molecule has 1 atom stereocenters. The first-order valence-electron chi connectivity index (χ1n) is 6.88. The highest BCUT2D eigenvalue weighted by molar-refractivity contribution is 7.89. The molecular formula is C12H17N3O5S. The molecule has 0 unspecified atom stereocenters. The highest BCUT2D eigenvalue weighted by Gasteiger charge is 2.37. The zero-order chi connectivity index (χ0) is 15.0. The molecule has 2 heterocycles. The molecule has 2 aliphatic rings. The van der Waals surface area contributed by atoms with Gasteiger partial charge in [0.15, 0.2) is 11.1 Å². The molecular weight excluding hydrogens is 298 g/mol. The van der Waals surface area contributed by atoms with Gasteiger partial charge < -0.3 is 9.84 Å². The topological polar surface area (TPSA) is 102 Å². The average Bonchev–Trinajstić information content (AvgIpc) is 2.86. The van der Waals surface area contributed by atoms with Crippen LogP contribution in [-0.4, -0.2) is 59.4 Å². The number of hydrogen-bond donors (Lipinski definition) is 1. The van der Waals surface area contributed by atoms with Crippen molar-refractivity contribution in [3.05, 3.63) is 12.3 Å². The monoisotopic (exact) mass is 315 g/mol. The molecule has 1 saturated carbocycles. The molecule has 0 spiro atoms. The Morgan fingerprint density at radius 1 is 1.43 bits per heavy atom. The normalized spacial score (nSPS) is 24.7. The van der Waals surface area contributed by atoms with E-state index in [1.54, 1.807) is 4.68 Å². The summed E-state index contributed by atoms with van der Waals surface area (Å²) in [5.74, 6) is -1.15. The Kier molecular flexibility index (Phi) is 3.72. The summed E-state index contributed by atoms with van der Waals surface area (Å²) in [7, 11) is -3.75. The van der Waals surface area contributed by atoms with Crippen molar-refractivity contribution in [3.63, 3.8) is 0 Å². The second-order valence-corrected chi connectivity index (χ2v) is 7.14. The molecule has 0 amide bonds. The van der Waals surface area contributed by atoms with Crippen LogP contribution in [0.5, 0.6) is 0 Å². The molecule has 1 aromatic rings. The Hall–Kier alpha value is -1.45. The third kappa shape index (κ3) is 2.56. The highest BCUT2D eigenvalue weighted by Crippen LogP contribution is 2.33. The maximum Gasteiger partial charge on any atom is 0.334 e. The number of ether oxygens (including phenoxy) is 1. The summed E-state index contributed by atoms with van der Waals surface area (Å²) in [6.45, 7) is 0.0588. The van der Waals surface area contributed by atoms with Gasteiger partial charge in [-0.15, -0.1) is 0 Å². The number of nitrogens with zero attached hydrogens (tertiary/aromatic N) is 3. The molecule has 1 aromatic heterocycles. The minimum atomic E-state index is -3.75. The van der Waals surface area contributed by atoms with Crippen LogP contribution in [0.2, 0.25) is 0 Å². The fourth-order valence-corrected chi connectivity index (χ4v) is 4.11. The van der Waals surface area contributed by atoms with Crippen LogP contribution in [-0.2, 0) is 19.6 Å². The minimum Gasteiger partial charge on any atom is -0.479 e. The number of carbonyl (C=O) groups is 1. The lowest BCUT2D eigenvalue weighted by Gasteiger charge is -2.32. The number of aliphatic carboxylic acids is 1. The molecule has 0 bridgehead atoms. The van der Waals surface area contributed by atoms with Gasteiger partial charge in [0.2, 0.25) is 0 Å².